The van der Waals surface area contributed by atoms with Gasteiger partial charge in [0, 0.05) is 32.3 Å². The third-order valence-corrected chi connectivity index (χ3v) is 2.61. The van der Waals surface area contributed by atoms with Crippen molar-refractivity contribution in [3.63, 3.8) is 0 Å². The summed E-state index contributed by atoms with van der Waals surface area (Å²) < 4.78 is 46.2. The van der Waals surface area contributed by atoms with Crippen molar-refractivity contribution in [3.05, 3.63) is 29.8 Å². The zero-order chi connectivity index (χ0) is 16.4. The number of para-hydroxylation sites is 1. The largest absolute Gasteiger partial charge is 0.573 e. The van der Waals surface area contributed by atoms with Gasteiger partial charge in [-0.05, 0) is 13.0 Å². The highest BCUT2D eigenvalue weighted by Gasteiger charge is 2.31. The van der Waals surface area contributed by atoms with Crippen molar-refractivity contribution in [1.82, 2.24) is 10.6 Å². The first-order valence-electron chi connectivity index (χ1n) is 6.82. The molecule has 1 aromatic carbocycles. The second-order valence-corrected chi connectivity index (χ2v) is 4.20. The van der Waals surface area contributed by atoms with Crippen LogP contribution in [-0.4, -0.2) is 39.1 Å². The number of hydrogen-bond donors (Lipinski definition) is 2. The van der Waals surface area contributed by atoms with Gasteiger partial charge in [0.2, 0.25) is 0 Å². The highest BCUT2D eigenvalue weighted by molar-refractivity contribution is 5.79. The smallest absolute Gasteiger partial charge is 0.405 e. The first kappa shape index (κ1) is 18.1. The van der Waals surface area contributed by atoms with E-state index in [4.69, 9.17) is 4.74 Å². The Kier molecular flexibility index (Phi) is 7.51. The maximum absolute atomic E-state index is 12.3. The van der Waals surface area contributed by atoms with Crippen molar-refractivity contribution in [3.8, 4) is 5.75 Å². The van der Waals surface area contributed by atoms with Crippen LogP contribution in [0.3, 0.4) is 0 Å². The van der Waals surface area contributed by atoms with Crippen LogP contribution in [0.15, 0.2) is 29.3 Å². The molecular formula is C14H20F3N3O2. The molecule has 0 aromatic heterocycles. The number of alkyl halides is 3. The molecule has 0 unspecified atom stereocenters. The van der Waals surface area contributed by atoms with Gasteiger partial charge < -0.3 is 20.1 Å². The molecule has 0 spiro atoms. The fraction of sp³-hybridized carbons (Fsp3) is 0.500. The van der Waals surface area contributed by atoms with Crippen LogP contribution >= 0.6 is 0 Å². The van der Waals surface area contributed by atoms with E-state index < -0.39 is 6.36 Å². The predicted molar refractivity (Wildman–Crippen MR) is 77.8 cm³/mol. The minimum absolute atomic E-state index is 0.153. The van der Waals surface area contributed by atoms with Gasteiger partial charge in [-0.2, -0.15) is 0 Å². The minimum Gasteiger partial charge on any atom is -0.405 e. The Morgan fingerprint density at radius 2 is 1.95 bits per heavy atom. The number of hydrogen-bond acceptors (Lipinski definition) is 3. The number of guanidine groups is 1. The Hall–Kier alpha value is -1.96. The van der Waals surface area contributed by atoms with Crippen LogP contribution in [0.5, 0.6) is 5.75 Å². The minimum atomic E-state index is -4.71. The van der Waals surface area contributed by atoms with Crippen LogP contribution in [0.4, 0.5) is 13.2 Å². The molecule has 0 radical (unpaired) electrons. The van der Waals surface area contributed by atoms with Gasteiger partial charge in [-0.1, -0.05) is 18.2 Å². The lowest BCUT2D eigenvalue weighted by Crippen LogP contribution is -2.38. The van der Waals surface area contributed by atoms with E-state index in [2.05, 4.69) is 20.4 Å². The molecule has 8 heteroatoms. The molecule has 0 atom stereocenters. The van der Waals surface area contributed by atoms with Gasteiger partial charge in [0.25, 0.3) is 0 Å². The number of benzene rings is 1. The SMILES string of the molecule is CCOCCNC(=NC)NCc1ccccc1OC(F)(F)F. The van der Waals surface area contributed by atoms with Crippen molar-refractivity contribution >= 4 is 5.96 Å². The maximum atomic E-state index is 12.3. The molecular weight excluding hydrogens is 299 g/mol. The molecule has 0 aliphatic rings. The van der Waals surface area contributed by atoms with Crippen molar-refractivity contribution < 1.29 is 22.6 Å². The number of ether oxygens (including phenoxy) is 2. The molecule has 5 nitrogen and oxygen atoms in total. The van der Waals surface area contributed by atoms with Crippen LogP contribution in [0, 0.1) is 0 Å². The molecule has 0 aliphatic carbocycles. The van der Waals surface area contributed by atoms with Gasteiger partial charge >= 0.3 is 6.36 Å². The molecule has 0 aliphatic heterocycles. The normalized spacial score (nSPS) is 12.1. The Balaban J connectivity index is 2.55. The Bertz CT molecular complexity index is 479. The van der Waals surface area contributed by atoms with Gasteiger partial charge in [0.15, 0.2) is 5.96 Å². The predicted octanol–water partition coefficient (Wildman–Crippen LogP) is 2.29. The van der Waals surface area contributed by atoms with E-state index in [1.165, 1.54) is 12.1 Å². The molecule has 2 N–H and O–H groups in total. The van der Waals surface area contributed by atoms with Crippen LogP contribution in [0.2, 0.25) is 0 Å². The topological polar surface area (TPSA) is 54.9 Å². The molecule has 0 saturated heterocycles. The Labute approximate surface area is 127 Å². The van der Waals surface area contributed by atoms with Crippen LogP contribution < -0.4 is 15.4 Å². The summed E-state index contributed by atoms with van der Waals surface area (Å²) >= 11 is 0. The molecule has 0 fully saturated rings. The summed E-state index contributed by atoms with van der Waals surface area (Å²) in [5.41, 5.74) is 0.382. The van der Waals surface area contributed by atoms with E-state index in [-0.39, 0.29) is 12.3 Å². The second-order valence-electron chi connectivity index (χ2n) is 4.20. The summed E-state index contributed by atoms with van der Waals surface area (Å²) in [6, 6.07) is 5.96. The van der Waals surface area contributed by atoms with Crippen LogP contribution in [0.1, 0.15) is 12.5 Å². The van der Waals surface area contributed by atoms with Crippen molar-refractivity contribution in [1.29, 1.82) is 0 Å². The highest BCUT2D eigenvalue weighted by atomic mass is 19.4. The average molecular weight is 319 g/mol. The van der Waals surface area contributed by atoms with E-state index in [0.717, 1.165) is 0 Å². The number of halogens is 3. The number of nitrogens with one attached hydrogen (secondary N) is 2. The van der Waals surface area contributed by atoms with Crippen LogP contribution in [0.25, 0.3) is 0 Å². The summed E-state index contributed by atoms with van der Waals surface area (Å²) in [6.45, 7) is 3.74. The third kappa shape index (κ3) is 7.16. The van der Waals surface area contributed by atoms with E-state index >= 15 is 0 Å². The zero-order valence-electron chi connectivity index (χ0n) is 12.5. The average Bonchev–Trinajstić information content (AvgIpc) is 2.46. The van der Waals surface area contributed by atoms with Crippen molar-refractivity contribution in [2.75, 3.05) is 26.8 Å². The summed E-state index contributed by atoms with van der Waals surface area (Å²) in [5, 5.41) is 5.92. The number of nitrogens with zero attached hydrogens (tertiary/aromatic N) is 1. The number of rotatable bonds is 7. The van der Waals surface area contributed by atoms with Crippen LogP contribution in [-0.2, 0) is 11.3 Å². The molecule has 1 aromatic rings. The van der Waals surface area contributed by atoms with Gasteiger partial charge in [-0.25, -0.2) is 0 Å². The van der Waals surface area contributed by atoms with Crippen molar-refractivity contribution in [2.24, 2.45) is 4.99 Å². The fourth-order valence-corrected chi connectivity index (χ4v) is 1.66. The molecule has 0 bridgehead atoms. The molecule has 0 amide bonds. The van der Waals surface area contributed by atoms with E-state index in [9.17, 15) is 13.2 Å². The highest BCUT2D eigenvalue weighted by Crippen LogP contribution is 2.25. The standard InChI is InChI=1S/C14H20F3N3O2/c1-3-21-9-8-19-13(18-2)20-10-11-6-4-5-7-12(11)22-14(15,16)17/h4-7H,3,8-10H2,1-2H3,(H2,18,19,20). The first-order chi connectivity index (χ1) is 10.5. The number of aliphatic imine (C=N–C) groups is 1. The summed E-state index contributed by atoms with van der Waals surface area (Å²) in [6.07, 6.45) is -4.71. The molecule has 22 heavy (non-hydrogen) atoms. The maximum Gasteiger partial charge on any atom is 0.573 e. The summed E-state index contributed by atoms with van der Waals surface area (Å²) in [4.78, 5) is 3.98. The zero-order valence-corrected chi connectivity index (χ0v) is 12.5. The lowest BCUT2D eigenvalue weighted by atomic mass is 10.2. The van der Waals surface area contributed by atoms with Gasteiger partial charge in [-0.3, -0.25) is 4.99 Å². The van der Waals surface area contributed by atoms with Gasteiger partial charge in [0.05, 0.1) is 6.61 Å². The Morgan fingerprint density at radius 1 is 1.23 bits per heavy atom. The molecule has 0 saturated carbocycles. The van der Waals surface area contributed by atoms with E-state index in [1.54, 1.807) is 19.2 Å². The third-order valence-electron chi connectivity index (χ3n) is 2.61. The molecule has 0 heterocycles. The Morgan fingerprint density at radius 3 is 2.59 bits per heavy atom. The summed E-state index contributed by atoms with van der Waals surface area (Å²) in [7, 11) is 1.58. The second kappa shape index (κ2) is 9.14. The lowest BCUT2D eigenvalue weighted by Gasteiger charge is -2.15. The lowest BCUT2D eigenvalue weighted by molar-refractivity contribution is -0.274. The van der Waals surface area contributed by atoms with E-state index in [1.807, 2.05) is 6.92 Å². The monoisotopic (exact) mass is 319 g/mol. The summed E-state index contributed by atoms with van der Waals surface area (Å²) in [5.74, 6) is 0.244. The molecule has 124 valence electrons. The first-order valence-corrected chi connectivity index (χ1v) is 6.82. The quantitative estimate of drug-likeness (QED) is 0.460. The van der Waals surface area contributed by atoms with Gasteiger partial charge in [0.1, 0.15) is 5.75 Å². The molecule has 1 rings (SSSR count). The van der Waals surface area contributed by atoms with Gasteiger partial charge in [-0.15, -0.1) is 13.2 Å². The fourth-order valence-electron chi connectivity index (χ4n) is 1.66. The van der Waals surface area contributed by atoms with Crippen molar-refractivity contribution in [2.45, 2.75) is 19.8 Å². The van der Waals surface area contributed by atoms with E-state index in [0.29, 0.717) is 31.3 Å².